The van der Waals surface area contributed by atoms with E-state index in [0.717, 1.165) is 19.4 Å². The maximum absolute atomic E-state index is 11.6. The van der Waals surface area contributed by atoms with E-state index in [1.165, 1.54) is 0 Å². The Morgan fingerprint density at radius 3 is 2.24 bits per heavy atom. The molecule has 0 unspecified atom stereocenters. The summed E-state index contributed by atoms with van der Waals surface area (Å²) in [5.74, 6) is -0.0839. The first kappa shape index (κ1) is 14.5. The molecule has 1 rings (SSSR count). The summed E-state index contributed by atoms with van der Waals surface area (Å²) in [6, 6.07) is 0. The minimum Gasteiger partial charge on any atom is -0.384 e. The van der Waals surface area contributed by atoms with E-state index in [4.69, 9.17) is 15.2 Å². The number of carbonyl (C=O) groups is 1. The highest BCUT2D eigenvalue weighted by molar-refractivity contribution is 5.83. The highest BCUT2D eigenvalue weighted by atomic mass is 16.5. The van der Waals surface area contributed by atoms with Crippen molar-refractivity contribution in [1.82, 2.24) is 5.73 Å². The van der Waals surface area contributed by atoms with Crippen LogP contribution >= 0.6 is 0 Å². The molecule has 0 aromatic rings. The van der Waals surface area contributed by atoms with E-state index in [1.54, 1.807) is 7.11 Å². The third-order valence-electron chi connectivity index (χ3n) is 3.23. The topological polar surface area (TPSA) is 59.3 Å². The molecule has 1 amide bonds. The number of amides is 1. The number of hydrogen-bond donors (Lipinski definition) is 0. The first-order chi connectivity index (χ1) is 7.79. The Labute approximate surface area is 104 Å². The molecule has 1 N–H and O–H groups in total. The van der Waals surface area contributed by atoms with E-state index in [0.29, 0.717) is 18.8 Å². The van der Waals surface area contributed by atoms with Gasteiger partial charge in [-0.15, -0.1) is 0 Å². The lowest BCUT2D eigenvalue weighted by atomic mass is 9.78. The van der Waals surface area contributed by atoms with Gasteiger partial charge in [0.25, 0.3) is 5.91 Å². The average molecular weight is 242 g/mol. The minimum absolute atomic E-state index is 0.384. The zero-order chi connectivity index (χ0) is 13.1. The number of methoxy groups -OCH3 is 1. The Kier molecular flexibility index (Phi) is 4.55. The van der Waals surface area contributed by atoms with Crippen LogP contribution in [0.25, 0.3) is 0 Å². The molecule has 0 aliphatic heterocycles. The Bertz CT molecular complexity index is 262. The molecule has 0 saturated heterocycles. The van der Waals surface area contributed by atoms with Gasteiger partial charge in [0, 0.05) is 13.7 Å². The minimum atomic E-state index is -0.886. The predicted octanol–water partition coefficient (Wildman–Crippen LogP) is 2.19. The summed E-state index contributed by atoms with van der Waals surface area (Å²) < 4.78 is 11.0. The van der Waals surface area contributed by atoms with E-state index in [1.807, 2.05) is 20.8 Å². The summed E-state index contributed by atoms with van der Waals surface area (Å²) in [5.41, 5.74) is 6.20. The van der Waals surface area contributed by atoms with Crippen molar-refractivity contribution < 1.29 is 14.3 Å². The molecule has 1 fully saturated rings. The van der Waals surface area contributed by atoms with Crippen molar-refractivity contribution in [1.29, 1.82) is 0 Å². The van der Waals surface area contributed by atoms with Crippen molar-refractivity contribution in [3.05, 3.63) is 0 Å². The van der Waals surface area contributed by atoms with E-state index >= 15 is 0 Å². The first-order valence-corrected chi connectivity index (χ1v) is 6.24. The molecule has 0 aromatic heterocycles. The van der Waals surface area contributed by atoms with Gasteiger partial charge in [0.15, 0.2) is 0 Å². The van der Waals surface area contributed by atoms with Crippen LogP contribution < -0.4 is 5.73 Å². The Morgan fingerprint density at radius 1 is 1.35 bits per heavy atom. The molecule has 1 aliphatic rings. The van der Waals surface area contributed by atoms with Gasteiger partial charge in [0.05, 0.1) is 5.60 Å². The third kappa shape index (κ3) is 3.96. The molecule has 1 radical (unpaired) electrons. The summed E-state index contributed by atoms with van der Waals surface area (Å²) in [5, 5.41) is 0. The van der Waals surface area contributed by atoms with Gasteiger partial charge < -0.3 is 9.47 Å². The molecule has 17 heavy (non-hydrogen) atoms. The fourth-order valence-corrected chi connectivity index (χ4v) is 2.51. The molecule has 1 saturated carbocycles. The molecular weight excluding hydrogens is 218 g/mol. The van der Waals surface area contributed by atoms with Gasteiger partial charge >= 0.3 is 0 Å². The maximum Gasteiger partial charge on any atom is 0.270 e. The molecule has 0 bridgehead atoms. The maximum atomic E-state index is 11.6. The second-order valence-electron chi connectivity index (χ2n) is 5.94. The van der Waals surface area contributed by atoms with Crippen molar-refractivity contribution >= 4 is 5.91 Å². The normalized spacial score (nSPS) is 30.2. The highest BCUT2D eigenvalue weighted by Crippen LogP contribution is 2.37. The number of nitrogens with one attached hydrogen (secondary N) is 1. The number of carbonyl (C=O) groups excluding carboxylic acids is 1. The smallest absolute Gasteiger partial charge is 0.270 e. The molecule has 99 valence electrons. The van der Waals surface area contributed by atoms with Crippen molar-refractivity contribution in [2.75, 3.05) is 13.7 Å². The van der Waals surface area contributed by atoms with Crippen LogP contribution in [-0.4, -0.2) is 30.8 Å². The lowest BCUT2D eigenvalue weighted by Crippen LogP contribution is -2.50. The molecule has 0 heterocycles. The van der Waals surface area contributed by atoms with Gasteiger partial charge in [-0.25, -0.2) is 0 Å². The largest absolute Gasteiger partial charge is 0.384 e. The molecule has 1 aliphatic carbocycles. The quantitative estimate of drug-likeness (QED) is 0.759. The molecule has 0 atom stereocenters. The molecule has 0 aromatic carbocycles. The van der Waals surface area contributed by atoms with Crippen LogP contribution in [0, 0.1) is 5.92 Å². The third-order valence-corrected chi connectivity index (χ3v) is 3.23. The summed E-state index contributed by atoms with van der Waals surface area (Å²) >= 11 is 0. The SMILES string of the molecule is COCC1CCC(OC(C)(C)C)(C([NH])=O)CC1. The fourth-order valence-electron chi connectivity index (χ4n) is 2.51. The van der Waals surface area contributed by atoms with E-state index in [2.05, 4.69) is 0 Å². The molecular formula is C13H24NO3. The predicted molar refractivity (Wildman–Crippen MR) is 65.5 cm³/mol. The van der Waals surface area contributed by atoms with Gasteiger partial charge in [-0.1, -0.05) is 0 Å². The van der Waals surface area contributed by atoms with E-state index in [-0.39, 0.29) is 5.60 Å². The second kappa shape index (κ2) is 5.36. The summed E-state index contributed by atoms with van der Waals surface area (Å²) in [7, 11) is 1.70. The number of ether oxygens (including phenoxy) is 2. The van der Waals surface area contributed by atoms with Gasteiger partial charge in [0.1, 0.15) is 5.60 Å². The van der Waals surface area contributed by atoms with Crippen molar-refractivity contribution in [2.24, 2.45) is 5.92 Å². The van der Waals surface area contributed by atoms with Gasteiger partial charge in [-0.3, -0.25) is 10.5 Å². The summed E-state index contributed by atoms with van der Waals surface area (Å²) in [6.45, 7) is 6.52. The van der Waals surface area contributed by atoms with Gasteiger partial charge in [0.2, 0.25) is 0 Å². The molecule has 4 nitrogen and oxygen atoms in total. The second-order valence-corrected chi connectivity index (χ2v) is 5.94. The first-order valence-electron chi connectivity index (χ1n) is 6.24. The van der Waals surface area contributed by atoms with Crippen LogP contribution in [-0.2, 0) is 14.3 Å². The van der Waals surface area contributed by atoms with Crippen LogP contribution in [0.15, 0.2) is 0 Å². The standard InChI is InChI=1S/C13H24NO3/c1-12(2,3)17-13(11(14)15)7-5-10(6-8-13)9-16-4/h10,14H,5-9H2,1-4H3. The van der Waals surface area contributed by atoms with E-state index < -0.39 is 11.5 Å². The summed E-state index contributed by atoms with van der Waals surface area (Å²) in [4.78, 5) is 11.6. The Morgan fingerprint density at radius 2 is 1.88 bits per heavy atom. The number of hydrogen-bond acceptors (Lipinski definition) is 3. The van der Waals surface area contributed by atoms with Crippen LogP contribution in [0.5, 0.6) is 0 Å². The van der Waals surface area contributed by atoms with Crippen molar-refractivity contribution in [3.63, 3.8) is 0 Å². The highest BCUT2D eigenvalue weighted by Gasteiger charge is 2.44. The lowest BCUT2D eigenvalue weighted by molar-refractivity contribution is -0.175. The Hall–Kier alpha value is -0.610. The number of rotatable bonds is 4. The van der Waals surface area contributed by atoms with Gasteiger partial charge in [-0.05, 0) is 52.4 Å². The lowest BCUT2D eigenvalue weighted by Gasteiger charge is -2.41. The van der Waals surface area contributed by atoms with Crippen LogP contribution in [0.2, 0.25) is 0 Å². The van der Waals surface area contributed by atoms with Crippen molar-refractivity contribution in [3.8, 4) is 0 Å². The van der Waals surface area contributed by atoms with Crippen LogP contribution in [0.3, 0.4) is 0 Å². The summed E-state index contributed by atoms with van der Waals surface area (Å²) in [6.07, 6.45) is 3.07. The average Bonchev–Trinajstić information content (AvgIpc) is 2.19. The van der Waals surface area contributed by atoms with Gasteiger partial charge in [-0.2, -0.15) is 0 Å². The van der Waals surface area contributed by atoms with Crippen LogP contribution in [0.1, 0.15) is 46.5 Å². The van der Waals surface area contributed by atoms with Crippen LogP contribution in [0.4, 0.5) is 0 Å². The monoisotopic (exact) mass is 242 g/mol. The van der Waals surface area contributed by atoms with Crippen molar-refractivity contribution in [2.45, 2.75) is 57.7 Å². The molecule has 4 heteroatoms. The zero-order valence-electron chi connectivity index (χ0n) is 11.3. The molecule has 0 spiro atoms. The van der Waals surface area contributed by atoms with E-state index in [9.17, 15) is 4.79 Å². The fraction of sp³-hybridized carbons (Fsp3) is 0.923. The Balaban J connectivity index is 2.67. The zero-order valence-corrected chi connectivity index (χ0v) is 11.3.